The minimum atomic E-state index is -1.17. The predicted molar refractivity (Wildman–Crippen MR) is 104 cm³/mol. The van der Waals surface area contributed by atoms with Gasteiger partial charge in [0.1, 0.15) is 0 Å². The number of anilines is 1. The Bertz CT molecular complexity index is 826. The fraction of sp³-hybridized carbons (Fsp3) is 0.286. The Hall–Kier alpha value is -3.15. The molecule has 0 saturated heterocycles. The van der Waals surface area contributed by atoms with Gasteiger partial charge in [0, 0.05) is 24.3 Å². The van der Waals surface area contributed by atoms with Gasteiger partial charge in [0.05, 0.1) is 11.1 Å². The molecule has 0 spiro atoms. The molecule has 0 aliphatic heterocycles. The summed E-state index contributed by atoms with van der Waals surface area (Å²) < 4.78 is 0. The van der Waals surface area contributed by atoms with E-state index in [1.165, 1.54) is 12.1 Å². The van der Waals surface area contributed by atoms with Crippen LogP contribution in [0, 0.1) is 0 Å². The summed E-state index contributed by atoms with van der Waals surface area (Å²) in [7, 11) is 0. The maximum absolute atomic E-state index is 12.7. The van der Waals surface area contributed by atoms with Crippen molar-refractivity contribution in [1.29, 1.82) is 0 Å². The van der Waals surface area contributed by atoms with Crippen LogP contribution >= 0.6 is 0 Å². The first-order valence-corrected chi connectivity index (χ1v) is 9.00. The summed E-state index contributed by atoms with van der Waals surface area (Å²) in [5.74, 6) is -1.78. The number of carboxylic acid groups (broad SMARTS) is 1. The SMILES string of the molecule is CCCN(CCC)C(=O)c1cccc(NC(=O)c2ccccc2C(=O)O)c1. The molecule has 0 heterocycles. The van der Waals surface area contributed by atoms with Crippen molar-refractivity contribution in [3.63, 3.8) is 0 Å². The van der Waals surface area contributed by atoms with E-state index in [0.717, 1.165) is 12.8 Å². The van der Waals surface area contributed by atoms with Gasteiger partial charge in [-0.3, -0.25) is 9.59 Å². The van der Waals surface area contributed by atoms with Crippen molar-refractivity contribution >= 4 is 23.5 Å². The Morgan fingerprint density at radius 2 is 1.56 bits per heavy atom. The number of amides is 2. The van der Waals surface area contributed by atoms with Crippen molar-refractivity contribution < 1.29 is 19.5 Å². The molecule has 2 aromatic rings. The maximum atomic E-state index is 12.7. The highest BCUT2D eigenvalue weighted by atomic mass is 16.4. The lowest BCUT2D eigenvalue weighted by Crippen LogP contribution is -2.32. The summed E-state index contributed by atoms with van der Waals surface area (Å²) in [6.07, 6.45) is 1.74. The van der Waals surface area contributed by atoms with Crippen molar-refractivity contribution in [2.75, 3.05) is 18.4 Å². The highest BCUT2D eigenvalue weighted by Gasteiger charge is 2.18. The second-order valence-electron chi connectivity index (χ2n) is 6.18. The smallest absolute Gasteiger partial charge is 0.336 e. The lowest BCUT2D eigenvalue weighted by Gasteiger charge is -2.21. The Morgan fingerprint density at radius 3 is 2.15 bits per heavy atom. The van der Waals surface area contributed by atoms with E-state index in [-0.39, 0.29) is 17.0 Å². The van der Waals surface area contributed by atoms with Crippen LogP contribution in [0.15, 0.2) is 48.5 Å². The molecule has 2 amide bonds. The fourth-order valence-corrected chi connectivity index (χ4v) is 2.83. The summed E-state index contributed by atoms with van der Waals surface area (Å²) in [5, 5.41) is 11.9. The van der Waals surface area contributed by atoms with Gasteiger partial charge in [0.25, 0.3) is 11.8 Å². The second kappa shape index (κ2) is 9.52. The van der Waals surface area contributed by atoms with Gasteiger partial charge in [-0.2, -0.15) is 0 Å². The molecule has 2 aromatic carbocycles. The van der Waals surface area contributed by atoms with Gasteiger partial charge < -0.3 is 15.3 Å². The molecule has 6 nitrogen and oxygen atoms in total. The molecule has 0 saturated carbocycles. The Kier molecular flexibility index (Phi) is 7.11. The predicted octanol–water partition coefficient (Wildman–Crippen LogP) is 3.90. The third kappa shape index (κ3) is 5.17. The van der Waals surface area contributed by atoms with E-state index in [0.29, 0.717) is 24.3 Å². The summed E-state index contributed by atoms with van der Waals surface area (Å²) >= 11 is 0. The average Bonchev–Trinajstić information content (AvgIpc) is 2.67. The molecule has 0 aliphatic rings. The zero-order valence-corrected chi connectivity index (χ0v) is 15.6. The van der Waals surface area contributed by atoms with Crippen LogP contribution in [0.3, 0.4) is 0 Å². The molecule has 0 unspecified atom stereocenters. The van der Waals surface area contributed by atoms with Crippen molar-refractivity contribution in [3.05, 3.63) is 65.2 Å². The summed E-state index contributed by atoms with van der Waals surface area (Å²) in [5.41, 5.74) is 0.930. The number of hydrogen-bond donors (Lipinski definition) is 2. The number of hydrogen-bond acceptors (Lipinski definition) is 3. The van der Waals surface area contributed by atoms with Gasteiger partial charge in [-0.1, -0.05) is 32.0 Å². The molecule has 0 aliphatic carbocycles. The molecule has 142 valence electrons. The topological polar surface area (TPSA) is 86.7 Å². The van der Waals surface area contributed by atoms with Gasteiger partial charge in [0.2, 0.25) is 0 Å². The first-order valence-electron chi connectivity index (χ1n) is 9.00. The number of aromatic carboxylic acids is 1. The van der Waals surface area contributed by atoms with Gasteiger partial charge in [-0.15, -0.1) is 0 Å². The van der Waals surface area contributed by atoms with Gasteiger partial charge in [-0.05, 0) is 43.2 Å². The largest absolute Gasteiger partial charge is 0.478 e. The van der Waals surface area contributed by atoms with E-state index >= 15 is 0 Å². The van der Waals surface area contributed by atoms with Gasteiger partial charge in [-0.25, -0.2) is 4.79 Å². The van der Waals surface area contributed by atoms with Crippen molar-refractivity contribution in [1.82, 2.24) is 4.90 Å². The Morgan fingerprint density at radius 1 is 0.926 bits per heavy atom. The molecule has 0 atom stereocenters. The zero-order chi connectivity index (χ0) is 19.8. The van der Waals surface area contributed by atoms with Crippen LogP contribution in [0.1, 0.15) is 57.8 Å². The first-order chi connectivity index (χ1) is 13.0. The van der Waals surface area contributed by atoms with Crippen LogP contribution in [-0.2, 0) is 0 Å². The van der Waals surface area contributed by atoms with Crippen LogP contribution in [-0.4, -0.2) is 40.9 Å². The van der Waals surface area contributed by atoms with E-state index in [9.17, 15) is 19.5 Å². The number of nitrogens with one attached hydrogen (secondary N) is 1. The molecular weight excluding hydrogens is 344 g/mol. The number of carbonyl (C=O) groups excluding carboxylic acids is 2. The summed E-state index contributed by atoms with van der Waals surface area (Å²) in [4.78, 5) is 38.3. The number of benzene rings is 2. The molecule has 27 heavy (non-hydrogen) atoms. The van der Waals surface area contributed by atoms with Crippen molar-refractivity contribution in [2.45, 2.75) is 26.7 Å². The molecule has 0 aromatic heterocycles. The van der Waals surface area contributed by atoms with Crippen LogP contribution in [0.25, 0.3) is 0 Å². The number of carbonyl (C=O) groups is 3. The van der Waals surface area contributed by atoms with Crippen LogP contribution in [0.4, 0.5) is 5.69 Å². The quantitative estimate of drug-likeness (QED) is 0.740. The highest BCUT2D eigenvalue weighted by molar-refractivity contribution is 6.11. The third-order valence-corrected chi connectivity index (χ3v) is 4.04. The normalized spacial score (nSPS) is 10.3. The standard InChI is InChI=1S/C21H24N2O4/c1-3-12-23(13-4-2)20(25)15-8-7-9-16(14-15)22-19(24)17-10-5-6-11-18(17)21(26)27/h5-11,14H,3-4,12-13H2,1-2H3,(H,22,24)(H,26,27). The van der Waals surface area contributed by atoms with Crippen molar-refractivity contribution in [3.8, 4) is 0 Å². The van der Waals surface area contributed by atoms with Gasteiger partial charge >= 0.3 is 5.97 Å². The minimum Gasteiger partial charge on any atom is -0.478 e. The van der Waals surface area contributed by atoms with Crippen LogP contribution in [0.5, 0.6) is 0 Å². The molecule has 0 bridgehead atoms. The molecule has 0 radical (unpaired) electrons. The van der Waals surface area contributed by atoms with Crippen LogP contribution in [0.2, 0.25) is 0 Å². The molecule has 2 N–H and O–H groups in total. The number of rotatable bonds is 8. The fourth-order valence-electron chi connectivity index (χ4n) is 2.83. The molecule has 0 fully saturated rings. The Balaban J connectivity index is 2.22. The van der Waals surface area contributed by atoms with Gasteiger partial charge in [0.15, 0.2) is 0 Å². The van der Waals surface area contributed by atoms with E-state index in [1.807, 2.05) is 13.8 Å². The van der Waals surface area contributed by atoms with E-state index in [2.05, 4.69) is 5.32 Å². The summed E-state index contributed by atoms with van der Waals surface area (Å²) in [6.45, 7) is 5.39. The number of carboxylic acids is 1. The molecule has 2 rings (SSSR count). The zero-order valence-electron chi connectivity index (χ0n) is 15.6. The summed E-state index contributed by atoms with van der Waals surface area (Å²) in [6, 6.07) is 12.7. The van der Waals surface area contributed by atoms with E-state index in [4.69, 9.17) is 0 Å². The molecular formula is C21H24N2O4. The minimum absolute atomic E-state index is 0.0697. The first kappa shape index (κ1) is 20.2. The lowest BCUT2D eigenvalue weighted by atomic mass is 10.1. The lowest BCUT2D eigenvalue weighted by molar-refractivity contribution is 0.0691. The second-order valence-corrected chi connectivity index (χ2v) is 6.18. The molecule has 6 heteroatoms. The van der Waals surface area contributed by atoms with E-state index < -0.39 is 11.9 Å². The van der Waals surface area contributed by atoms with Crippen LogP contribution < -0.4 is 5.32 Å². The number of nitrogens with zero attached hydrogens (tertiary/aromatic N) is 1. The van der Waals surface area contributed by atoms with E-state index in [1.54, 1.807) is 41.3 Å². The Labute approximate surface area is 158 Å². The highest BCUT2D eigenvalue weighted by Crippen LogP contribution is 2.16. The third-order valence-electron chi connectivity index (χ3n) is 4.04. The van der Waals surface area contributed by atoms with Crippen molar-refractivity contribution in [2.24, 2.45) is 0 Å². The monoisotopic (exact) mass is 368 g/mol. The maximum Gasteiger partial charge on any atom is 0.336 e. The average molecular weight is 368 g/mol.